The molecule has 1 rings (SSSR count). The van der Waals surface area contributed by atoms with Gasteiger partial charge in [0.2, 0.25) is 0 Å². The molecule has 0 unspecified atom stereocenters. The van der Waals surface area contributed by atoms with Gasteiger partial charge in [0.05, 0.1) is 5.69 Å². The van der Waals surface area contributed by atoms with E-state index in [4.69, 9.17) is 5.11 Å². The largest absolute Gasteiger partial charge is 0.396 e. The molecule has 76 valence electrons. The Morgan fingerprint density at radius 2 is 2.07 bits per heavy atom. The highest BCUT2D eigenvalue weighted by molar-refractivity contribution is 5.82. The average Bonchev–Trinajstić information content (AvgIpc) is 2.25. The van der Waals surface area contributed by atoms with Gasteiger partial charge in [-0.2, -0.15) is 5.10 Å². The summed E-state index contributed by atoms with van der Waals surface area (Å²) in [6.07, 6.45) is 1.60. The first-order chi connectivity index (χ1) is 6.83. The molecule has 3 nitrogen and oxygen atoms in total. The van der Waals surface area contributed by atoms with Crippen molar-refractivity contribution in [3.05, 3.63) is 30.3 Å². The molecule has 0 aliphatic rings. The molecule has 0 heterocycles. The number of para-hydroxylation sites is 1. The number of hydrazone groups is 1. The van der Waals surface area contributed by atoms with E-state index >= 15 is 0 Å². The zero-order valence-electron chi connectivity index (χ0n) is 8.40. The fraction of sp³-hybridized carbons (Fsp3) is 0.364. The Hall–Kier alpha value is -1.35. The zero-order valence-corrected chi connectivity index (χ0v) is 8.40. The van der Waals surface area contributed by atoms with Gasteiger partial charge in [0, 0.05) is 12.3 Å². The monoisotopic (exact) mass is 192 g/mol. The van der Waals surface area contributed by atoms with Crippen molar-refractivity contribution >= 4 is 11.4 Å². The van der Waals surface area contributed by atoms with Gasteiger partial charge in [-0.25, -0.2) is 0 Å². The maximum Gasteiger partial charge on any atom is 0.0561 e. The van der Waals surface area contributed by atoms with Gasteiger partial charge >= 0.3 is 0 Å². The third kappa shape index (κ3) is 4.05. The molecular weight excluding hydrogens is 176 g/mol. The van der Waals surface area contributed by atoms with Crippen LogP contribution in [0.4, 0.5) is 5.69 Å². The van der Waals surface area contributed by atoms with E-state index < -0.39 is 0 Å². The Bertz CT molecular complexity index is 283. The molecule has 3 heteroatoms. The summed E-state index contributed by atoms with van der Waals surface area (Å²) < 4.78 is 0. The zero-order chi connectivity index (χ0) is 10.2. The number of anilines is 1. The molecule has 0 atom stereocenters. The van der Waals surface area contributed by atoms with Crippen LogP contribution in [0.2, 0.25) is 0 Å². The van der Waals surface area contributed by atoms with Crippen LogP contribution in [0.5, 0.6) is 0 Å². The normalized spacial score (nSPS) is 11.4. The first-order valence-electron chi connectivity index (χ1n) is 4.78. The number of benzene rings is 1. The van der Waals surface area contributed by atoms with Gasteiger partial charge in [0.25, 0.3) is 0 Å². The van der Waals surface area contributed by atoms with Crippen LogP contribution in [0.15, 0.2) is 35.4 Å². The number of aliphatic hydroxyl groups excluding tert-OH is 1. The van der Waals surface area contributed by atoms with Gasteiger partial charge in [-0.3, -0.25) is 5.43 Å². The first kappa shape index (κ1) is 10.7. The lowest BCUT2D eigenvalue weighted by atomic mass is 10.2. The van der Waals surface area contributed by atoms with Crippen molar-refractivity contribution < 1.29 is 5.11 Å². The number of aliphatic hydroxyl groups is 1. The highest BCUT2D eigenvalue weighted by atomic mass is 16.2. The van der Waals surface area contributed by atoms with Crippen LogP contribution in [0, 0.1) is 0 Å². The summed E-state index contributed by atoms with van der Waals surface area (Å²) in [4.78, 5) is 0. The second-order valence-electron chi connectivity index (χ2n) is 3.15. The van der Waals surface area contributed by atoms with Crippen LogP contribution in [0.3, 0.4) is 0 Å². The molecule has 0 bridgehead atoms. The highest BCUT2D eigenvalue weighted by Gasteiger charge is 1.91. The van der Waals surface area contributed by atoms with Gasteiger partial charge in [0.15, 0.2) is 0 Å². The Morgan fingerprint density at radius 3 is 2.71 bits per heavy atom. The van der Waals surface area contributed by atoms with Crippen molar-refractivity contribution in [2.45, 2.75) is 19.8 Å². The molecule has 14 heavy (non-hydrogen) atoms. The number of rotatable bonds is 5. The Balaban J connectivity index is 2.39. The molecule has 0 spiro atoms. The van der Waals surface area contributed by atoms with Gasteiger partial charge in [-0.05, 0) is 31.9 Å². The number of hydrogen-bond acceptors (Lipinski definition) is 3. The van der Waals surface area contributed by atoms with Crippen LogP contribution >= 0.6 is 0 Å². The Kier molecular flexibility index (Phi) is 4.72. The molecule has 0 amide bonds. The third-order valence-electron chi connectivity index (χ3n) is 1.85. The van der Waals surface area contributed by atoms with Crippen molar-refractivity contribution in [2.24, 2.45) is 5.10 Å². The average molecular weight is 192 g/mol. The molecule has 1 aromatic rings. The minimum atomic E-state index is 0.220. The van der Waals surface area contributed by atoms with Crippen molar-refractivity contribution in [1.29, 1.82) is 0 Å². The smallest absolute Gasteiger partial charge is 0.0561 e. The predicted octanol–water partition coefficient (Wildman–Crippen LogP) is 2.25. The summed E-state index contributed by atoms with van der Waals surface area (Å²) in [6, 6.07) is 9.81. The summed E-state index contributed by atoms with van der Waals surface area (Å²) in [5, 5.41) is 12.8. The van der Waals surface area contributed by atoms with Gasteiger partial charge < -0.3 is 5.11 Å². The van der Waals surface area contributed by atoms with E-state index in [-0.39, 0.29) is 6.61 Å². The lowest BCUT2D eigenvalue weighted by molar-refractivity contribution is 0.291. The second-order valence-corrected chi connectivity index (χ2v) is 3.15. The van der Waals surface area contributed by atoms with E-state index in [9.17, 15) is 0 Å². The van der Waals surface area contributed by atoms with E-state index in [0.29, 0.717) is 0 Å². The lowest BCUT2D eigenvalue weighted by Crippen LogP contribution is -1.98. The van der Waals surface area contributed by atoms with E-state index in [1.807, 2.05) is 37.3 Å². The Labute approximate surface area is 84.5 Å². The number of nitrogens with zero attached hydrogens (tertiary/aromatic N) is 1. The summed E-state index contributed by atoms with van der Waals surface area (Å²) >= 11 is 0. The van der Waals surface area contributed by atoms with E-state index in [0.717, 1.165) is 24.2 Å². The summed E-state index contributed by atoms with van der Waals surface area (Å²) in [5.41, 5.74) is 4.94. The second kappa shape index (κ2) is 6.16. The highest BCUT2D eigenvalue weighted by Crippen LogP contribution is 2.05. The predicted molar refractivity (Wildman–Crippen MR) is 59.5 cm³/mol. The first-order valence-corrected chi connectivity index (χ1v) is 4.78. The SMILES string of the molecule is C/C(CCCO)=N\Nc1ccccc1. The molecular formula is C11H16N2O. The van der Waals surface area contributed by atoms with Crippen molar-refractivity contribution in [3.63, 3.8) is 0 Å². The van der Waals surface area contributed by atoms with Crippen LogP contribution in [0.25, 0.3) is 0 Å². The lowest BCUT2D eigenvalue weighted by Gasteiger charge is -2.01. The minimum absolute atomic E-state index is 0.220. The van der Waals surface area contributed by atoms with Crippen molar-refractivity contribution in [3.8, 4) is 0 Å². The molecule has 0 aromatic heterocycles. The standard InChI is InChI=1S/C11H16N2O/c1-10(6-5-9-14)12-13-11-7-3-2-4-8-11/h2-4,7-8,13-14H,5-6,9H2,1H3/b12-10+. The third-order valence-corrected chi connectivity index (χ3v) is 1.85. The molecule has 0 aliphatic heterocycles. The molecule has 2 N–H and O–H groups in total. The van der Waals surface area contributed by atoms with Crippen LogP contribution < -0.4 is 5.43 Å². The van der Waals surface area contributed by atoms with E-state index in [1.54, 1.807) is 0 Å². The van der Waals surface area contributed by atoms with Crippen LogP contribution in [-0.4, -0.2) is 17.4 Å². The topological polar surface area (TPSA) is 44.6 Å². The van der Waals surface area contributed by atoms with Crippen molar-refractivity contribution in [2.75, 3.05) is 12.0 Å². The maximum absolute atomic E-state index is 8.62. The number of nitrogens with one attached hydrogen (secondary N) is 1. The minimum Gasteiger partial charge on any atom is -0.396 e. The van der Waals surface area contributed by atoms with Crippen LogP contribution in [0.1, 0.15) is 19.8 Å². The van der Waals surface area contributed by atoms with Crippen molar-refractivity contribution in [1.82, 2.24) is 0 Å². The van der Waals surface area contributed by atoms with Gasteiger partial charge in [-0.1, -0.05) is 18.2 Å². The van der Waals surface area contributed by atoms with E-state index in [1.165, 1.54) is 0 Å². The fourth-order valence-electron chi connectivity index (χ4n) is 1.06. The van der Waals surface area contributed by atoms with E-state index in [2.05, 4.69) is 10.5 Å². The molecule has 0 radical (unpaired) electrons. The molecule has 0 saturated heterocycles. The molecule has 0 fully saturated rings. The summed E-state index contributed by atoms with van der Waals surface area (Å²) in [5.74, 6) is 0. The van der Waals surface area contributed by atoms with Gasteiger partial charge in [0.1, 0.15) is 0 Å². The van der Waals surface area contributed by atoms with Gasteiger partial charge in [-0.15, -0.1) is 0 Å². The molecule has 1 aromatic carbocycles. The molecule has 0 aliphatic carbocycles. The summed E-state index contributed by atoms with van der Waals surface area (Å²) in [6.45, 7) is 2.17. The quantitative estimate of drug-likeness (QED) is 0.555. The summed E-state index contributed by atoms with van der Waals surface area (Å²) in [7, 11) is 0. The fourth-order valence-corrected chi connectivity index (χ4v) is 1.06. The maximum atomic E-state index is 8.62. The number of hydrogen-bond donors (Lipinski definition) is 2. The van der Waals surface area contributed by atoms with Crippen LogP contribution in [-0.2, 0) is 0 Å². The Morgan fingerprint density at radius 1 is 1.36 bits per heavy atom. The molecule has 0 saturated carbocycles.